The number of carbonyl (C=O) groups is 1. The van der Waals surface area contributed by atoms with Crippen molar-refractivity contribution in [2.45, 2.75) is 45.4 Å². The van der Waals surface area contributed by atoms with Crippen molar-refractivity contribution in [2.24, 2.45) is 0 Å². The van der Waals surface area contributed by atoms with Crippen LogP contribution in [0.15, 0.2) is 59.7 Å². The number of allylic oxidation sites excluding steroid dienone is 1. The first-order chi connectivity index (χ1) is 15.3. The number of aliphatic hydroxyl groups is 2. The van der Waals surface area contributed by atoms with E-state index in [2.05, 4.69) is 6.92 Å². The molecule has 0 spiro atoms. The summed E-state index contributed by atoms with van der Waals surface area (Å²) in [5.41, 5.74) is 2.78. The summed E-state index contributed by atoms with van der Waals surface area (Å²) in [5, 5.41) is 27.3. The van der Waals surface area contributed by atoms with Crippen LogP contribution in [0.2, 0.25) is 0 Å². The van der Waals surface area contributed by atoms with Crippen LogP contribution in [0.1, 0.15) is 51.2 Å². The number of rotatable bonds is 13. The van der Waals surface area contributed by atoms with Crippen LogP contribution in [0.25, 0.3) is 0 Å². The first kappa shape index (κ1) is 25.4. The molecular formula is C26H34O6. The summed E-state index contributed by atoms with van der Waals surface area (Å²) in [6.45, 7) is 6.67. The second-order valence-corrected chi connectivity index (χ2v) is 8.12. The van der Waals surface area contributed by atoms with E-state index < -0.39 is 11.4 Å². The Morgan fingerprint density at radius 3 is 1.56 bits per heavy atom. The number of aliphatic hydroxyl groups excluding tert-OH is 2. The third-order valence-corrected chi connectivity index (χ3v) is 5.70. The molecule has 2 aromatic carbocycles. The average molecular weight is 443 g/mol. The number of hydrogen-bond acceptors (Lipinski definition) is 5. The number of hydrogen-bond donors (Lipinski definition) is 3. The minimum Gasteiger partial charge on any atom is -0.494 e. The second kappa shape index (κ2) is 12.3. The first-order valence-electron chi connectivity index (χ1n) is 10.9. The highest BCUT2D eigenvalue weighted by Crippen LogP contribution is 2.39. The van der Waals surface area contributed by atoms with E-state index in [4.69, 9.17) is 19.7 Å². The van der Waals surface area contributed by atoms with Crippen molar-refractivity contribution in [1.29, 1.82) is 0 Å². The molecule has 174 valence electrons. The monoisotopic (exact) mass is 442 g/mol. The summed E-state index contributed by atoms with van der Waals surface area (Å²) in [4.78, 5) is 11.5. The van der Waals surface area contributed by atoms with E-state index >= 15 is 0 Å². The van der Waals surface area contributed by atoms with Gasteiger partial charge in [-0.1, -0.05) is 36.8 Å². The Bertz CT molecular complexity index is 830. The van der Waals surface area contributed by atoms with E-state index in [1.165, 1.54) is 0 Å². The van der Waals surface area contributed by atoms with Gasteiger partial charge in [-0.3, -0.25) is 0 Å². The molecule has 0 radical (unpaired) electrons. The van der Waals surface area contributed by atoms with Crippen molar-refractivity contribution in [2.75, 3.05) is 26.4 Å². The minimum absolute atomic E-state index is 0.0877. The highest BCUT2D eigenvalue weighted by Gasteiger charge is 2.30. The second-order valence-electron chi connectivity index (χ2n) is 8.12. The van der Waals surface area contributed by atoms with E-state index in [9.17, 15) is 9.90 Å². The van der Waals surface area contributed by atoms with Gasteiger partial charge in [0, 0.05) is 37.0 Å². The predicted molar refractivity (Wildman–Crippen MR) is 124 cm³/mol. The lowest BCUT2D eigenvalue weighted by molar-refractivity contribution is -0.132. The van der Waals surface area contributed by atoms with Gasteiger partial charge in [-0.15, -0.1) is 0 Å². The molecule has 2 rings (SSSR count). The molecule has 0 aliphatic heterocycles. The van der Waals surface area contributed by atoms with Crippen LogP contribution >= 0.6 is 0 Å². The van der Waals surface area contributed by atoms with Crippen LogP contribution < -0.4 is 9.47 Å². The van der Waals surface area contributed by atoms with Gasteiger partial charge < -0.3 is 24.8 Å². The molecule has 6 nitrogen and oxygen atoms in total. The molecule has 0 saturated heterocycles. The quantitative estimate of drug-likeness (QED) is 0.316. The molecule has 0 amide bonds. The lowest BCUT2D eigenvalue weighted by atomic mass is 9.71. The Balaban J connectivity index is 2.37. The Kier molecular flexibility index (Phi) is 9.75. The highest BCUT2D eigenvalue weighted by molar-refractivity contribution is 5.86. The topological polar surface area (TPSA) is 96.2 Å². The fourth-order valence-electron chi connectivity index (χ4n) is 3.56. The number of ether oxygens (including phenoxy) is 2. The first-order valence-corrected chi connectivity index (χ1v) is 10.9. The maximum absolute atomic E-state index is 11.5. The summed E-state index contributed by atoms with van der Waals surface area (Å²) < 4.78 is 11.3. The van der Waals surface area contributed by atoms with Crippen LogP contribution in [-0.4, -0.2) is 47.7 Å². The minimum atomic E-state index is -0.912. The summed E-state index contributed by atoms with van der Waals surface area (Å²) in [5.74, 6) is 0.544. The van der Waals surface area contributed by atoms with E-state index in [0.29, 0.717) is 38.0 Å². The molecule has 3 N–H and O–H groups in total. The van der Waals surface area contributed by atoms with E-state index in [1.54, 1.807) is 6.92 Å². The molecule has 6 heteroatoms. The van der Waals surface area contributed by atoms with Crippen molar-refractivity contribution in [3.8, 4) is 11.5 Å². The molecular weight excluding hydrogens is 408 g/mol. The van der Waals surface area contributed by atoms with Gasteiger partial charge in [-0.05, 0) is 55.7 Å². The molecule has 0 atom stereocenters. The standard InChI is InChI=1S/C26H34O6/c1-19(20(2)25(29)30)18-26(3,21-6-10-23(11-7-21)31-16-4-14-27)22-8-12-24(13-9-22)32-17-5-15-28/h6-13,27-28H,4-5,14-18H2,1-3H3,(H,29,30). The van der Waals surface area contributed by atoms with E-state index in [0.717, 1.165) is 28.2 Å². The Morgan fingerprint density at radius 1 is 0.812 bits per heavy atom. The number of carboxylic acids is 1. The third-order valence-electron chi connectivity index (χ3n) is 5.70. The molecule has 0 unspecified atom stereocenters. The molecule has 0 aromatic heterocycles. The van der Waals surface area contributed by atoms with Gasteiger partial charge in [0.05, 0.1) is 13.2 Å². The van der Waals surface area contributed by atoms with Crippen molar-refractivity contribution < 1.29 is 29.6 Å². The van der Waals surface area contributed by atoms with Crippen molar-refractivity contribution >= 4 is 5.97 Å². The Hall–Kier alpha value is -2.83. The van der Waals surface area contributed by atoms with Gasteiger partial charge in [0.1, 0.15) is 11.5 Å². The van der Waals surface area contributed by atoms with Gasteiger partial charge in [0.2, 0.25) is 0 Å². The average Bonchev–Trinajstić information content (AvgIpc) is 2.79. The lowest BCUT2D eigenvalue weighted by Crippen LogP contribution is -2.25. The molecule has 0 saturated carbocycles. The van der Waals surface area contributed by atoms with Crippen LogP contribution in [0.4, 0.5) is 0 Å². The van der Waals surface area contributed by atoms with Crippen molar-refractivity contribution in [3.05, 3.63) is 70.8 Å². The zero-order valence-corrected chi connectivity index (χ0v) is 19.1. The largest absolute Gasteiger partial charge is 0.494 e. The smallest absolute Gasteiger partial charge is 0.331 e. The Morgan fingerprint density at radius 2 is 1.22 bits per heavy atom. The van der Waals surface area contributed by atoms with Crippen LogP contribution in [0.3, 0.4) is 0 Å². The maximum atomic E-state index is 11.5. The fraction of sp³-hybridized carbons (Fsp3) is 0.423. The molecule has 0 aliphatic carbocycles. The summed E-state index contributed by atoms with van der Waals surface area (Å²) in [6, 6.07) is 15.6. The predicted octanol–water partition coefficient (Wildman–Crippen LogP) is 4.33. The van der Waals surface area contributed by atoms with Gasteiger partial charge in [-0.25, -0.2) is 4.79 Å². The number of benzene rings is 2. The molecule has 0 heterocycles. The zero-order chi connectivity index (χ0) is 23.6. The SMILES string of the molecule is CC(CC(C)(c1ccc(OCCCO)cc1)c1ccc(OCCCO)cc1)=C(C)C(=O)O. The van der Waals surface area contributed by atoms with E-state index in [-0.39, 0.29) is 13.2 Å². The molecule has 0 fully saturated rings. The van der Waals surface area contributed by atoms with Crippen LogP contribution in [0, 0.1) is 0 Å². The maximum Gasteiger partial charge on any atom is 0.331 e. The number of aliphatic carboxylic acids is 1. The molecule has 0 bridgehead atoms. The third kappa shape index (κ3) is 6.84. The fourth-order valence-corrected chi connectivity index (χ4v) is 3.56. The molecule has 0 aliphatic rings. The molecule has 2 aromatic rings. The summed E-state index contributed by atoms with van der Waals surface area (Å²) >= 11 is 0. The van der Waals surface area contributed by atoms with Crippen LogP contribution in [-0.2, 0) is 10.2 Å². The van der Waals surface area contributed by atoms with Crippen LogP contribution in [0.5, 0.6) is 11.5 Å². The lowest BCUT2D eigenvalue weighted by Gasteiger charge is -2.32. The summed E-state index contributed by atoms with van der Waals surface area (Å²) in [7, 11) is 0. The van der Waals surface area contributed by atoms with E-state index in [1.807, 2.05) is 55.5 Å². The van der Waals surface area contributed by atoms with Crippen molar-refractivity contribution in [1.82, 2.24) is 0 Å². The normalized spacial score (nSPS) is 12.3. The van der Waals surface area contributed by atoms with Gasteiger partial charge in [0.15, 0.2) is 0 Å². The molecule has 32 heavy (non-hydrogen) atoms. The van der Waals surface area contributed by atoms with Gasteiger partial charge in [-0.2, -0.15) is 0 Å². The van der Waals surface area contributed by atoms with Gasteiger partial charge in [0.25, 0.3) is 0 Å². The van der Waals surface area contributed by atoms with Gasteiger partial charge >= 0.3 is 5.97 Å². The Labute approximate surface area is 190 Å². The number of carboxylic acid groups (broad SMARTS) is 1. The zero-order valence-electron chi connectivity index (χ0n) is 19.1. The van der Waals surface area contributed by atoms with Crippen molar-refractivity contribution in [3.63, 3.8) is 0 Å². The highest BCUT2D eigenvalue weighted by atomic mass is 16.5. The summed E-state index contributed by atoms with van der Waals surface area (Å²) in [6.07, 6.45) is 1.69.